The van der Waals surface area contributed by atoms with Crippen LogP contribution in [0.1, 0.15) is 33.1 Å². The summed E-state index contributed by atoms with van der Waals surface area (Å²) in [6, 6.07) is 0. The molecule has 10 heavy (non-hydrogen) atoms. The van der Waals surface area contributed by atoms with Gasteiger partial charge in [0.15, 0.2) is 28.9 Å². The van der Waals surface area contributed by atoms with Crippen molar-refractivity contribution in [3.63, 3.8) is 0 Å². The Morgan fingerprint density at radius 1 is 1.10 bits per heavy atom. The van der Waals surface area contributed by atoms with Gasteiger partial charge in [0.25, 0.3) is 0 Å². The second kappa shape index (κ2) is 6.99. The molecule has 0 aromatic heterocycles. The fourth-order valence-corrected chi connectivity index (χ4v) is 0.564. The summed E-state index contributed by atoms with van der Waals surface area (Å²) in [5, 5.41) is 0. The normalized spacial score (nSPS) is 8.20. The SMILES string of the molecule is CCCC(=O)C(=O)CC.[AlH3]. The van der Waals surface area contributed by atoms with Crippen LogP contribution in [-0.2, 0) is 9.59 Å². The first-order valence-corrected chi connectivity index (χ1v) is 3.28. The monoisotopic (exact) mass is 158 g/mol. The fraction of sp³-hybridized carbons (Fsp3) is 0.714. The summed E-state index contributed by atoms with van der Waals surface area (Å²) < 4.78 is 0. The van der Waals surface area contributed by atoms with Crippen molar-refractivity contribution in [1.82, 2.24) is 0 Å². The molecule has 0 unspecified atom stereocenters. The summed E-state index contributed by atoms with van der Waals surface area (Å²) in [6.45, 7) is 3.59. The fourth-order valence-electron chi connectivity index (χ4n) is 0.564. The minimum absolute atomic E-state index is 0. The van der Waals surface area contributed by atoms with Gasteiger partial charge < -0.3 is 0 Å². The molecular formula is C7H15AlO2. The molecule has 0 fully saturated rings. The van der Waals surface area contributed by atoms with Crippen molar-refractivity contribution < 1.29 is 9.59 Å². The molecule has 0 aliphatic carbocycles. The molecule has 0 N–H and O–H groups in total. The predicted octanol–water partition coefficient (Wildman–Crippen LogP) is 0.151. The summed E-state index contributed by atoms with van der Waals surface area (Å²) in [5.41, 5.74) is 0. The van der Waals surface area contributed by atoms with Crippen LogP contribution in [-0.4, -0.2) is 28.9 Å². The zero-order valence-corrected chi connectivity index (χ0v) is 5.94. The summed E-state index contributed by atoms with van der Waals surface area (Å²) >= 11 is 0. The molecule has 0 radical (unpaired) electrons. The maximum Gasteiger partial charge on any atom is 0.198 e. The molecule has 58 valence electrons. The molecule has 0 aliphatic rings. The molecule has 0 saturated carbocycles. The lowest BCUT2D eigenvalue weighted by Gasteiger charge is -1.91. The molecule has 0 aromatic rings. The summed E-state index contributed by atoms with van der Waals surface area (Å²) in [5.74, 6) is -0.461. The predicted molar refractivity (Wildman–Crippen MR) is 45.2 cm³/mol. The van der Waals surface area contributed by atoms with E-state index in [2.05, 4.69) is 0 Å². The number of ketones is 2. The Bertz CT molecular complexity index is 121. The molecular weight excluding hydrogens is 143 g/mol. The summed E-state index contributed by atoms with van der Waals surface area (Å²) in [6.07, 6.45) is 1.52. The van der Waals surface area contributed by atoms with E-state index < -0.39 is 0 Å². The van der Waals surface area contributed by atoms with Crippen LogP contribution in [0, 0.1) is 0 Å². The van der Waals surface area contributed by atoms with E-state index in [0.29, 0.717) is 12.8 Å². The summed E-state index contributed by atoms with van der Waals surface area (Å²) in [7, 11) is 0. The van der Waals surface area contributed by atoms with E-state index in [9.17, 15) is 9.59 Å². The van der Waals surface area contributed by atoms with Crippen LogP contribution in [0.4, 0.5) is 0 Å². The van der Waals surface area contributed by atoms with Gasteiger partial charge in [-0.05, 0) is 6.42 Å². The zero-order chi connectivity index (χ0) is 7.28. The molecule has 0 rings (SSSR count). The largest absolute Gasteiger partial charge is 0.291 e. The molecule has 0 saturated heterocycles. The van der Waals surface area contributed by atoms with Crippen molar-refractivity contribution in [1.29, 1.82) is 0 Å². The highest BCUT2D eigenvalue weighted by Gasteiger charge is 2.07. The number of Topliss-reactive ketones (excluding diaryl/α,β-unsaturated/α-hetero) is 2. The van der Waals surface area contributed by atoms with Gasteiger partial charge in [0.1, 0.15) is 0 Å². The Balaban J connectivity index is 0. The number of carbonyl (C=O) groups excluding carboxylic acids is 2. The Morgan fingerprint density at radius 2 is 1.60 bits per heavy atom. The van der Waals surface area contributed by atoms with E-state index in [1.165, 1.54) is 0 Å². The van der Waals surface area contributed by atoms with E-state index in [1.807, 2.05) is 6.92 Å². The van der Waals surface area contributed by atoms with Crippen molar-refractivity contribution in [2.24, 2.45) is 0 Å². The van der Waals surface area contributed by atoms with Crippen LogP contribution in [0.5, 0.6) is 0 Å². The maximum absolute atomic E-state index is 10.6. The van der Waals surface area contributed by atoms with Gasteiger partial charge in [-0.25, -0.2) is 0 Å². The van der Waals surface area contributed by atoms with Crippen molar-refractivity contribution in [2.45, 2.75) is 33.1 Å². The van der Waals surface area contributed by atoms with Gasteiger partial charge in [-0.3, -0.25) is 9.59 Å². The highest BCUT2D eigenvalue weighted by atomic mass is 27.0. The standard InChI is InChI=1S/C7H12O2.Al.3H/c1-3-5-7(9)6(8)4-2;;;;/h3-5H2,1-2H3;;;;. The highest BCUT2D eigenvalue weighted by Crippen LogP contribution is 1.92. The maximum atomic E-state index is 10.6. The first-order valence-electron chi connectivity index (χ1n) is 3.28. The molecule has 3 heteroatoms. The van der Waals surface area contributed by atoms with Crippen molar-refractivity contribution >= 4 is 28.9 Å². The quantitative estimate of drug-likeness (QED) is 0.431. The van der Waals surface area contributed by atoms with Gasteiger partial charge in [0.2, 0.25) is 0 Å². The molecule has 0 amide bonds. The second-order valence-electron chi connectivity index (χ2n) is 1.95. The number of carbonyl (C=O) groups is 2. The Kier molecular flexibility index (Phi) is 8.76. The summed E-state index contributed by atoms with van der Waals surface area (Å²) in [4.78, 5) is 21.2. The lowest BCUT2D eigenvalue weighted by atomic mass is 10.1. The van der Waals surface area contributed by atoms with Gasteiger partial charge in [-0.1, -0.05) is 13.8 Å². The van der Waals surface area contributed by atoms with Gasteiger partial charge in [0.05, 0.1) is 0 Å². The molecule has 0 aliphatic heterocycles. The number of hydrogen-bond acceptors (Lipinski definition) is 2. The highest BCUT2D eigenvalue weighted by molar-refractivity contribution is 6.37. The van der Waals surface area contributed by atoms with E-state index >= 15 is 0 Å². The van der Waals surface area contributed by atoms with Crippen LogP contribution in [0.25, 0.3) is 0 Å². The third-order valence-corrected chi connectivity index (χ3v) is 1.11. The van der Waals surface area contributed by atoms with Crippen LogP contribution < -0.4 is 0 Å². The minimum Gasteiger partial charge on any atom is -0.291 e. The minimum atomic E-state index is -0.239. The van der Waals surface area contributed by atoms with Gasteiger partial charge in [-0.2, -0.15) is 0 Å². The van der Waals surface area contributed by atoms with Crippen LogP contribution in [0.2, 0.25) is 0 Å². The lowest BCUT2D eigenvalue weighted by Crippen LogP contribution is -2.10. The molecule has 0 aromatic carbocycles. The third kappa shape index (κ3) is 4.72. The molecule has 2 nitrogen and oxygen atoms in total. The second-order valence-corrected chi connectivity index (χ2v) is 1.95. The molecule has 0 bridgehead atoms. The lowest BCUT2D eigenvalue weighted by molar-refractivity contribution is -0.136. The number of hydrogen-bond donors (Lipinski definition) is 0. The topological polar surface area (TPSA) is 34.1 Å². The van der Waals surface area contributed by atoms with Crippen molar-refractivity contribution in [3.8, 4) is 0 Å². The van der Waals surface area contributed by atoms with E-state index in [4.69, 9.17) is 0 Å². The Morgan fingerprint density at radius 3 is 1.90 bits per heavy atom. The molecule has 0 atom stereocenters. The smallest absolute Gasteiger partial charge is 0.198 e. The van der Waals surface area contributed by atoms with Crippen LogP contribution in [0.15, 0.2) is 0 Å². The number of rotatable bonds is 4. The first kappa shape index (κ1) is 12.5. The van der Waals surface area contributed by atoms with Crippen LogP contribution >= 0.6 is 0 Å². The molecule has 0 heterocycles. The van der Waals surface area contributed by atoms with Crippen molar-refractivity contribution in [3.05, 3.63) is 0 Å². The van der Waals surface area contributed by atoms with Gasteiger partial charge >= 0.3 is 0 Å². The third-order valence-electron chi connectivity index (χ3n) is 1.11. The van der Waals surface area contributed by atoms with E-state index in [0.717, 1.165) is 6.42 Å². The molecule has 0 spiro atoms. The van der Waals surface area contributed by atoms with Gasteiger partial charge in [0, 0.05) is 12.8 Å². The van der Waals surface area contributed by atoms with E-state index in [-0.39, 0.29) is 28.9 Å². The zero-order valence-electron chi connectivity index (χ0n) is 5.94. The average molecular weight is 158 g/mol. The van der Waals surface area contributed by atoms with Crippen LogP contribution in [0.3, 0.4) is 0 Å². The first-order chi connectivity index (χ1) is 4.22. The van der Waals surface area contributed by atoms with Gasteiger partial charge in [-0.15, -0.1) is 0 Å². The van der Waals surface area contributed by atoms with Crippen molar-refractivity contribution in [2.75, 3.05) is 0 Å². The Labute approximate surface area is 72.1 Å². The van der Waals surface area contributed by atoms with E-state index in [1.54, 1.807) is 6.92 Å². The average Bonchev–Trinajstić information content (AvgIpc) is 1.87. The Hall–Kier alpha value is -0.128.